The van der Waals surface area contributed by atoms with Crippen LogP contribution in [0.25, 0.3) is 0 Å². The predicted octanol–water partition coefficient (Wildman–Crippen LogP) is 1.07. The molecule has 0 aliphatic rings. The molecule has 0 aromatic rings. The van der Waals surface area contributed by atoms with Crippen LogP contribution in [-0.4, -0.2) is 39.6 Å². The van der Waals surface area contributed by atoms with E-state index in [1.165, 1.54) is 0 Å². The average Bonchev–Trinajstić information content (AvgIpc) is 2.04. The van der Waals surface area contributed by atoms with E-state index in [4.69, 9.17) is 14.2 Å². The van der Waals surface area contributed by atoms with Crippen molar-refractivity contribution in [3.05, 3.63) is 0 Å². The molecule has 0 bridgehead atoms. The number of rotatable bonds is 7. The third kappa shape index (κ3) is 7.78. The second kappa shape index (κ2) is 7.98. The third-order valence-electron chi connectivity index (χ3n) is 1.33. The lowest BCUT2D eigenvalue weighted by molar-refractivity contribution is -0.00461. The Morgan fingerprint density at radius 3 is 2.36 bits per heavy atom. The van der Waals surface area contributed by atoms with Crippen LogP contribution in [0.5, 0.6) is 0 Å². The minimum Gasteiger partial charge on any atom is -0.379 e. The highest BCUT2D eigenvalue weighted by Crippen LogP contribution is 1.88. The largest absolute Gasteiger partial charge is 0.379 e. The molecule has 0 aromatic carbocycles. The van der Waals surface area contributed by atoms with Crippen LogP contribution in [0.1, 0.15) is 13.8 Å². The van der Waals surface area contributed by atoms with Crippen molar-refractivity contribution in [1.82, 2.24) is 0 Å². The zero-order valence-electron chi connectivity index (χ0n) is 7.63. The first-order chi connectivity index (χ1) is 5.31. The fourth-order valence-corrected chi connectivity index (χ4v) is 0.580. The average molecular weight is 162 g/mol. The maximum absolute atomic E-state index is 5.24. The van der Waals surface area contributed by atoms with Crippen molar-refractivity contribution in [2.45, 2.75) is 20.0 Å². The molecule has 3 nitrogen and oxygen atoms in total. The monoisotopic (exact) mass is 162 g/mol. The van der Waals surface area contributed by atoms with Crippen LogP contribution in [-0.2, 0) is 14.2 Å². The van der Waals surface area contributed by atoms with E-state index in [1.807, 2.05) is 13.8 Å². The van der Waals surface area contributed by atoms with Crippen molar-refractivity contribution in [2.24, 2.45) is 0 Å². The standard InChI is InChI=1S/C8H18O3/c1-4-10-5-6-11-7-8(2)9-3/h8H,4-7H2,1-3H3. The Balaban J connectivity index is 2.89. The molecule has 0 heterocycles. The molecule has 0 rings (SSSR count). The van der Waals surface area contributed by atoms with E-state index in [2.05, 4.69) is 0 Å². The minimum atomic E-state index is 0.177. The van der Waals surface area contributed by atoms with Gasteiger partial charge in [-0.15, -0.1) is 0 Å². The van der Waals surface area contributed by atoms with Gasteiger partial charge in [-0.2, -0.15) is 0 Å². The molecule has 0 amide bonds. The highest BCUT2D eigenvalue weighted by molar-refractivity contribution is 4.43. The van der Waals surface area contributed by atoms with Crippen molar-refractivity contribution in [3.63, 3.8) is 0 Å². The summed E-state index contributed by atoms with van der Waals surface area (Å²) in [5.74, 6) is 0. The van der Waals surface area contributed by atoms with E-state index in [9.17, 15) is 0 Å². The Bertz CT molecular complexity index is 75.7. The summed E-state index contributed by atoms with van der Waals surface area (Å²) in [4.78, 5) is 0. The summed E-state index contributed by atoms with van der Waals surface area (Å²) in [5.41, 5.74) is 0. The predicted molar refractivity (Wildman–Crippen MR) is 43.8 cm³/mol. The van der Waals surface area contributed by atoms with Crippen LogP contribution in [0.4, 0.5) is 0 Å². The molecule has 0 N–H and O–H groups in total. The second-order valence-corrected chi connectivity index (χ2v) is 2.32. The van der Waals surface area contributed by atoms with Crippen molar-refractivity contribution < 1.29 is 14.2 Å². The molecule has 3 heteroatoms. The van der Waals surface area contributed by atoms with Gasteiger partial charge in [-0.25, -0.2) is 0 Å². The fraction of sp³-hybridized carbons (Fsp3) is 1.00. The highest BCUT2D eigenvalue weighted by atomic mass is 16.5. The zero-order valence-corrected chi connectivity index (χ0v) is 7.63. The van der Waals surface area contributed by atoms with Crippen LogP contribution in [0.2, 0.25) is 0 Å². The maximum atomic E-state index is 5.24. The Hall–Kier alpha value is -0.120. The lowest BCUT2D eigenvalue weighted by Crippen LogP contribution is -2.16. The summed E-state index contributed by atoms with van der Waals surface area (Å²) in [6, 6.07) is 0. The van der Waals surface area contributed by atoms with Crippen LogP contribution in [0.3, 0.4) is 0 Å². The van der Waals surface area contributed by atoms with Gasteiger partial charge in [0.25, 0.3) is 0 Å². The molecule has 0 fully saturated rings. The molecular formula is C8H18O3. The van der Waals surface area contributed by atoms with Gasteiger partial charge in [0, 0.05) is 13.7 Å². The molecule has 0 aliphatic carbocycles. The van der Waals surface area contributed by atoms with Gasteiger partial charge in [0.1, 0.15) is 0 Å². The summed E-state index contributed by atoms with van der Waals surface area (Å²) >= 11 is 0. The number of hydrogen-bond donors (Lipinski definition) is 0. The molecule has 68 valence electrons. The molecule has 0 aromatic heterocycles. The number of ether oxygens (including phenoxy) is 3. The van der Waals surface area contributed by atoms with Gasteiger partial charge in [-0.05, 0) is 13.8 Å². The van der Waals surface area contributed by atoms with Crippen molar-refractivity contribution in [1.29, 1.82) is 0 Å². The lowest BCUT2D eigenvalue weighted by Gasteiger charge is -2.09. The summed E-state index contributed by atoms with van der Waals surface area (Å²) in [6.07, 6.45) is 0.177. The molecule has 0 saturated heterocycles. The van der Waals surface area contributed by atoms with Crippen LogP contribution in [0, 0.1) is 0 Å². The highest BCUT2D eigenvalue weighted by Gasteiger charge is 1.97. The molecule has 1 unspecified atom stereocenters. The van der Waals surface area contributed by atoms with Crippen molar-refractivity contribution >= 4 is 0 Å². The van der Waals surface area contributed by atoms with Gasteiger partial charge in [0.2, 0.25) is 0 Å². The summed E-state index contributed by atoms with van der Waals surface area (Å²) in [7, 11) is 1.68. The van der Waals surface area contributed by atoms with Crippen LogP contribution >= 0.6 is 0 Å². The molecule has 0 spiro atoms. The van der Waals surface area contributed by atoms with Gasteiger partial charge >= 0.3 is 0 Å². The SMILES string of the molecule is CCOCCOCC(C)OC. The molecule has 0 radical (unpaired) electrons. The fourth-order valence-electron chi connectivity index (χ4n) is 0.580. The van der Waals surface area contributed by atoms with Crippen LogP contribution < -0.4 is 0 Å². The lowest BCUT2D eigenvalue weighted by atomic mass is 10.4. The number of hydrogen-bond acceptors (Lipinski definition) is 3. The molecule has 1 atom stereocenters. The van der Waals surface area contributed by atoms with Gasteiger partial charge in [-0.1, -0.05) is 0 Å². The van der Waals surface area contributed by atoms with E-state index in [1.54, 1.807) is 7.11 Å². The molecule has 11 heavy (non-hydrogen) atoms. The number of methoxy groups -OCH3 is 1. The Labute approximate surface area is 68.6 Å². The first-order valence-corrected chi connectivity index (χ1v) is 3.99. The minimum absolute atomic E-state index is 0.177. The summed E-state index contributed by atoms with van der Waals surface area (Å²) in [5, 5.41) is 0. The Kier molecular flexibility index (Phi) is 7.89. The smallest absolute Gasteiger partial charge is 0.0776 e. The van der Waals surface area contributed by atoms with Gasteiger partial charge in [0.05, 0.1) is 25.9 Å². The van der Waals surface area contributed by atoms with Gasteiger partial charge in [-0.3, -0.25) is 0 Å². The maximum Gasteiger partial charge on any atom is 0.0776 e. The second-order valence-electron chi connectivity index (χ2n) is 2.32. The third-order valence-corrected chi connectivity index (χ3v) is 1.33. The van der Waals surface area contributed by atoms with Crippen LogP contribution in [0.15, 0.2) is 0 Å². The first-order valence-electron chi connectivity index (χ1n) is 3.99. The summed E-state index contributed by atoms with van der Waals surface area (Å²) < 4.78 is 15.3. The van der Waals surface area contributed by atoms with Gasteiger partial charge in [0.15, 0.2) is 0 Å². The first kappa shape index (κ1) is 10.9. The topological polar surface area (TPSA) is 27.7 Å². The van der Waals surface area contributed by atoms with Gasteiger partial charge < -0.3 is 14.2 Å². The molecular weight excluding hydrogens is 144 g/mol. The van der Waals surface area contributed by atoms with E-state index < -0.39 is 0 Å². The van der Waals surface area contributed by atoms with Crippen molar-refractivity contribution in [3.8, 4) is 0 Å². The molecule has 0 aliphatic heterocycles. The zero-order chi connectivity index (χ0) is 8.53. The van der Waals surface area contributed by atoms with E-state index in [-0.39, 0.29) is 6.10 Å². The van der Waals surface area contributed by atoms with E-state index >= 15 is 0 Å². The van der Waals surface area contributed by atoms with E-state index in [0.29, 0.717) is 19.8 Å². The molecule has 0 saturated carbocycles. The van der Waals surface area contributed by atoms with Crippen molar-refractivity contribution in [2.75, 3.05) is 33.5 Å². The quantitative estimate of drug-likeness (QED) is 0.524. The summed E-state index contributed by atoms with van der Waals surface area (Å²) in [6.45, 7) is 6.67. The Morgan fingerprint density at radius 2 is 1.82 bits per heavy atom. The Morgan fingerprint density at radius 1 is 1.18 bits per heavy atom. The normalized spacial score (nSPS) is 13.4. The van der Waals surface area contributed by atoms with E-state index in [0.717, 1.165) is 6.61 Å².